The number of benzene rings is 7. The molecule has 8 aromatic rings. The van der Waals surface area contributed by atoms with Gasteiger partial charge in [-0.2, -0.15) is 0 Å². The van der Waals surface area contributed by atoms with Crippen molar-refractivity contribution in [2.45, 2.75) is 126 Å². The number of carbonyl (C=O) groups is 5. The Bertz CT molecular complexity index is 5410. The molecule has 33 nitrogen and oxygen atoms in total. The second-order valence-corrected chi connectivity index (χ2v) is 34.4. The first-order valence-corrected chi connectivity index (χ1v) is 42.8. The van der Waals surface area contributed by atoms with Crippen molar-refractivity contribution in [3.63, 3.8) is 0 Å². The summed E-state index contributed by atoms with van der Waals surface area (Å²) >= 11 is 0. The predicted molar refractivity (Wildman–Crippen MR) is 447 cm³/mol. The van der Waals surface area contributed by atoms with Gasteiger partial charge in [-0.1, -0.05) is 59.3 Å². The molecule has 650 valence electrons. The van der Waals surface area contributed by atoms with Crippen LogP contribution in [-0.4, -0.2) is 244 Å². The average Bonchev–Trinajstić information content (AvgIpc) is 1.62. The van der Waals surface area contributed by atoms with E-state index in [1.54, 1.807) is 93.8 Å². The molecule has 0 radical (unpaired) electrons. The molecule has 5 aliphatic rings. The largest absolute Gasteiger partial charge is 0.501 e. The van der Waals surface area contributed by atoms with E-state index in [0.29, 0.717) is 101 Å². The number of rotatable bonds is 41. The Morgan fingerprint density at radius 3 is 1.83 bits per heavy atom. The van der Waals surface area contributed by atoms with Crippen LogP contribution in [0, 0.1) is 6.92 Å². The fourth-order valence-electron chi connectivity index (χ4n) is 14.8. The highest BCUT2D eigenvalue weighted by Gasteiger charge is 2.46. The molecule has 123 heavy (non-hydrogen) atoms. The number of hydrogen-bond acceptors (Lipinski definition) is 28. The number of Topliss-reactive ketones (excluding diaryl/α,β-unsaturated/α-hetero) is 2. The minimum atomic E-state index is -5.08. The number of carbonyl (C=O) groups excluding carboxylic acids is 5. The van der Waals surface area contributed by atoms with Crippen LogP contribution in [0.5, 0.6) is 40.2 Å². The van der Waals surface area contributed by atoms with Crippen molar-refractivity contribution < 1.29 is 117 Å². The molecule has 0 bridgehead atoms. The van der Waals surface area contributed by atoms with Crippen LogP contribution < -0.4 is 37.4 Å². The number of nitrogens with one attached hydrogen (secondary N) is 1. The number of sulfone groups is 1. The molecule has 0 spiro atoms. The van der Waals surface area contributed by atoms with Gasteiger partial charge in [0.25, 0.3) is 17.7 Å². The van der Waals surface area contributed by atoms with Crippen LogP contribution in [0.3, 0.4) is 0 Å². The van der Waals surface area contributed by atoms with E-state index in [2.05, 4.69) is 28.8 Å². The number of nitrogens with zero attached hydrogens (tertiary/aromatic N) is 8. The first-order valence-electron chi connectivity index (χ1n) is 39.9. The molecule has 3 fully saturated rings. The lowest BCUT2D eigenvalue weighted by molar-refractivity contribution is -0.916. The van der Waals surface area contributed by atoms with Crippen LogP contribution in [0.25, 0.3) is 0 Å². The summed E-state index contributed by atoms with van der Waals surface area (Å²) in [6, 6.07) is 34.6. The van der Waals surface area contributed by atoms with Crippen LogP contribution in [-0.2, 0) is 78.6 Å². The van der Waals surface area contributed by atoms with Gasteiger partial charge in [-0.05, 0) is 134 Å². The van der Waals surface area contributed by atoms with E-state index in [0.717, 1.165) is 45.0 Å². The van der Waals surface area contributed by atoms with E-state index in [9.17, 15) is 61.2 Å². The maximum absolute atomic E-state index is 14.0. The van der Waals surface area contributed by atoms with Gasteiger partial charge < -0.3 is 91.0 Å². The molecule has 0 aliphatic carbocycles. The molecular formula is C88H98N9O24S2+. The number of hydrogen-bond donors (Lipinski definition) is 5. The van der Waals surface area contributed by atoms with Gasteiger partial charge in [0.2, 0.25) is 6.29 Å². The minimum absolute atomic E-state index is 0.0162. The highest BCUT2D eigenvalue weighted by molar-refractivity contribution is 7.91. The highest BCUT2D eigenvalue weighted by atomic mass is 32.3. The second kappa shape index (κ2) is 39.7. The lowest BCUT2D eigenvalue weighted by Gasteiger charge is -2.39. The zero-order chi connectivity index (χ0) is 87.3. The van der Waals surface area contributed by atoms with Gasteiger partial charge in [0.1, 0.15) is 62.2 Å². The molecule has 3 amide bonds. The number of ketones is 2. The van der Waals surface area contributed by atoms with E-state index in [1.807, 2.05) is 39.2 Å². The molecule has 7 atom stereocenters. The Labute approximate surface area is 711 Å². The summed E-state index contributed by atoms with van der Waals surface area (Å²) in [5, 5.41) is 52.9. The Morgan fingerprint density at radius 2 is 1.20 bits per heavy atom. The number of amides is 3. The number of aromatic nitrogens is 3. The number of aliphatic hydroxyl groups is 4. The number of methoxy groups -OCH3 is 2. The maximum atomic E-state index is 14.0. The normalized spacial score (nSPS) is 18.7. The van der Waals surface area contributed by atoms with E-state index in [4.69, 9.17) is 61.0 Å². The van der Waals surface area contributed by atoms with Crippen LogP contribution >= 0.6 is 0 Å². The van der Waals surface area contributed by atoms with Crippen molar-refractivity contribution in [3.05, 3.63) is 225 Å². The SMILES string of the molecule is C=C1C[C@H]2C=Nc3cc(OCc4cc(COc5cc6c(cc5OC)C(=O)N5CC(=C)C[C@H]5C=N6)cc(C[N+](C)(C)Cc5ccc(OS(=O)(=O)Oc6cc(C(=O)CCCOCCn7cc(COCCOCCNC(=O)c8cccc(C(=O)CCS(=O)(=O)c9ccc(C)cc9)c8)nn7)ccc6OC6O[C@H](CO)[C@H](O)[C@H](O)[C@H]6O)cc5)c4)c(OC)cc3C(=O)N2C1. The molecule has 5 N–H and O–H groups in total. The number of aryl methyl sites for hydroxylation is 1. The van der Waals surface area contributed by atoms with E-state index in [-0.39, 0.29) is 136 Å². The fourth-order valence-corrected chi connectivity index (χ4v) is 16.7. The number of aliphatic imine (C=N–C) groups is 2. The molecule has 1 aromatic heterocycles. The van der Waals surface area contributed by atoms with Crippen molar-refractivity contribution in [2.75, 3.05) is 93.3 Å². The first-order chi connectivity index (χ1) is 59.0. The molecule has 5 aliphatic heterocycles. The van der Waals surface area contributed by atoms with E-state index in [1.165, 1.54) is 62.8 Å². The third kappa shape index (κ3) is 22.8. The van der Waals surface area contributed by atoms with Crippen molar-refractivity contribution in [1.29, 1.82) is 0 Å². The average molecular weight is 1730 g/mol. The maximum Gasteiger partial charge on any atom is 0.501 e. The van der Waals surface area contributed by atoms with Crippen molar-refractivity contribution in [1.82, 2.24) is 30.1 Å². The summed E-state index contributed by atoms with van der Waals surface area (Å²) in [7, 11) is -1.70. The fraction of sp³-hybridized carbons (Fsp3) is 0.375. The summed E-state index contributed by atoms with van der Waals surface area (Å²) in [6.45, 7) is 12.6. The standard InChI is InChI=1S/C88H97N9O24S2/c1-54-13-20-68(21-14-54)122(107,108)31-23-74(100)61-10-8-11-63(37-61)85(104)89-24-27-114-29-30-115-53-64-47-94(93-92-64)25-28-113-26-9-12-73(99)62-17-22-75(118-88-84(103)83(102)82(101)81(50-98)119-88)80(38-62)121-123(109,110)120-67-18-15-57(16-19-67)48-97(4,5)49-58-34-59(51-116-78-41-71-69(39-76(78)111-6)86(105)95-45-55(2)32-65(95)43-90-71)36-60(35-58)52-117-79-42-72-70(40-77(79)112-7)87(106)96-46-56(3)33-66(96)44-91-72/h8,10-11,13-22,34-44,47,65-66,81-84,88,98,101-103H,2-3,9,12,23-33,45-46,48-53H2,1,4-7H3/p+1/t65-,66-,81+,82-,83-,84+,88?/m0/s1. The van der Waals surface area contributed by atoms with Crippen LogP contribution in [0.15, 0.2) is 179 Å². The molecule has 6 heterocycles. The van der Waals surface area contributed by atoms with Gasteiger partial charge in [0, 0.05) is 91.5 Å². The first kappa shape index (κ1) is 89.2. The van der Waals surface area contributed by atoms with Gasteiger partial charge in [-0.15, -0.1) is 13.5 Å². The van der Waals surface area contributed by atoms with Crippen LogP contribution in [0.2, 0.25) is 0 Å². The molecule has 7 aromatic carbocycles. The smallest absolute Gasteiger partial charge is 0.493 e. The number of quaternary nitrogens is 1. The third-order valence-electron chi connectivity index (χ3n) is 21.0. The molecular weight excluding hydrogens is 1630 g/mol. The predicted octanol–water partition coefficient (Wildman–Crippen LogP) is 8.08. The van der Waals surface area contributed by atoms with Gasteiger partial charge in [0.15, 0.2) is 55.9 Å². The summed E-state index contributed by atoms with van der Waals surface area (Å²) in [6.07, 6.45) is -2.31. The number of fused-ring (bicyclic) bond motifs is 4. The summed E-state index contributed by atoms with van der Waals surface area (Å²) in [5.41, 5.74) is 8.61. The van der Waals surface area contributed by atoms with Crippen molar-refractivity contribution >= 4 is 73.3 Å². The minimum Gasteiger partial charge on any atom is -0.493 e. The van der Waals surface area contributed by atoms with Crippen molar-refractivity contribution in [2.24, 2.45) is 9.98 Å². The van der Waals surface area contributed by atoms with E-state index < -0.39 is 86.5 Å². The quantitative estimate of drug-likeness (QED) is 0.0105. The lowest BCUT2D eigenvalue weighted by atomic mass is 9.99. The van der Waals surface area contributed by atoms with Crippen LogP contribution in [0.4, 0.5) is 11.4 Å². The zero-order valence-electron chi connectivity index (χ0n) is 68.6. The zero-order valence-corrected chi connectivity index (χ0v) is 70.2. The van der Waals surface area contributed by atoms with Gasteiger partial charge in [-0.25, -0.2) is 13.1 Å². The Hall–Kier alpha value is -11.6. The highest BCUT2D eigenvalue weighted by Crippen LogP contribution is 2.42. The number of aliphatic hydroxyl groups excluding tert-OH is 4. The molecule has 35 heteroatoms. The lowest BCUT2D eigenvalue weighted by Crippen LogP contribution is -2.60. The second-order valence-electron chi connectivity index (χ2n) is 31.1. The summed E-state index contributed by atoms with van der Waals surface area (Å²) < 4.78 is 120. The Kier molecular flexibility index (Phi) is 28.8. The van der Waals surface area contributed by atoms with Crippen LogP contribution in [0.1, 0.15) is 117 Å². The van der Waals surface area contributed by atoms with Gasteiger partial charge in [-0.3, -0.25) is 34.0 Å². The Morgan fingerprint density at radius 1 is 0.602 bits per heavy atom. The molecule has 3 saturated heterocycles. The topological polar surface area (TPSA) is 410 Å². The Balaban J connectivity index is 0.595. The summed E-state index contributed by atoms with van der Waals surface area (Å²) in [4.78, 5) is 80.3. The summed E-state index contributed by atoms with van der Waals surface area (Å²) in [5.74, 6) is -1.74. The third-order valence-corrected chi connectivity index (χ3v) is 23.5. The molecule has 13 rings (SSSR count). The molecule has 0 saturated carbocycles. The number of ether oxygens (including phenoxy) is 9. The molecule has 1 unspecified atom stereocenters. The monoisotopic (exact) mass is 1730 g/mol. The van der Waals surface area contributed by atoms with Gasteiger partial charge in [0.05, 0.1) is 126 Å². The van der Waals surface area contributed by atoms with E-state index >= 15 is 0 Å². The van der Waals surface area contributed by atoms with Gasteiger partial charge >= 0.3 is 10.4 Å². The van der Waals surface area contributed by atoms with Crippen molar-refractivity contribution in [3.8, 4) is 40.2 Å².